The van der Waals surface area contributed by atoms with E-state index in [4.69, 9.17) is 0 Å². The summed E-state index contributed by atoms with van der Waals surface area (Å²) >= 11 is 0. The molecule has 0 saturated carbocycles. The first-order valence-electron chi connectivity index (χ1n) is 5.52. The maximum Gasteiger partial charge on any atom is 0.269 e. The zero-order chi connectivity index (χ0) is 14.7. The number of hydrogen-bond donors (Lipinski definition) is 0. The van der Waals surface area contributed by atoms with E-state index in [1.807, 2.05) is 0 Å². The molecule has 2 aromatic carbocycles. The van der Waals surface area contributed by atoms with Crippen LogP contribution in [0.3, 0.4) is 0 Å². The first kappa shape index (κ1) is 13.9. The van der Waals surface area contributed by atoms with Crippen LogP contribution < -0.4 is 10.6 Å². The van der Waals surface area contributed by atoms with Crippen molar-refractivity contribution in [3.05, 3.63) is 68.8 Å². The molecule has 2 rings (SSSR count). The molecule has 0 fully saturated rings. The van der Waals surface area contributed by atoms with Crippen LogP contribution in [-0.2, 0) is 4.57 Å². The summed E-state index contributed by atoms with van der Waals surface area (Å²) in [5.74, 6) is 0. The highest BCUT2D eigenvalue weighted by molar-refractivity contribution is 7.61. The van der Waals surface area contributed by atoms with Crippen LogP contribution in [0.1, 0.15) is 0 Å². The molecule has 7 nitrogen and oxygen atoms in total. The Hall–Kier alpha value is -2.53. The van der Waals surface area contributed by atoms with Gasteiger partial charge in [-0.05, 0) is 24.3 Å². The average Bonchev–Trinajstić information content (AvgIpc) is 2.46. The van der Waals surface area contributed by atoms with E-state index in [1.54, 1.807) is 0 Å². The highest BCUT2D eigenvalue weighted by Gasteiger charge is 2.11. The smallest absolute Gasteiger partial charge is 0.269 e. The van der Waals surface area contributed by atoms with Gasteiger partial charge in [0, 0.05) is 34.9 Å². The molecule has 0 aliphatic heterocycles. The molecule has 20 heavy (non-hydrogen) atoms. The third-order valence-corrected chi connectivity index (χ3v) is 4.40. The van der Waals surface area contributed by atoms with Crippen molar-refractivity contribution in [2.75, 3.05) is 0 Å². The molecule has 0 aromatic heterocycles. The van der Waals surface area contributed by atoms with Gasteiger partial charge in [-0.2, -0.15) is 0 Å². The van der Waals surface area contributed by atoms with E-state index < -0.39 is 17.6 Å². The van der Waals surface area contributed by atoms with Crippen LogP contribution in [0.4, 0.5) is 11.4 Å². The minimum Gasteiger partial charge on any atom is -0.317 e. The molecule has 0 saturated heterocycles. The molecule has 0 aliphatic carbocycles. The summed E-state index contributed by atoms with van der Waals surface area (Å²) in [6.07, 6.45) is 0. The predicted octanol–water partition coefficient (Wildman–Crippen LogP) is 2.01. The van der Waals surface area contributed by atoms with Crippen molar-refractivity contribution in [1.29, 1.82) is 0 Å². The largest absolute Gasteiger partial charge is 0.317 e. The quantitative estimate of drug-likeness (QED) is 0.487. The minimum absolute atomic E-state index is 0.0766. The van der Waals surface area contributed by atoms with Crippen molar-refractivity contribution in [2.24, 2.45) is 0 Å². The second-order valence-corrected chi connectivity index (χ2v) is 5.75. The van der Waals surface area contributed by atoms with Crippen LogP contribution in [0.2, 0.25) is 0 Å². The van der Waals surface area contributed by atoms with Gasteiger partial charge in [-0.3, -0.25) is 20.2 Å². The van der Waals surface area contributed by atoms with Crippen molar-refractivity contribution in [2.45, 2.75) is 0 Å². The fourth-order valence-corrected chi connectivity index (χ4v) is 2.91. The molecule has 2 aromatic rings. The van der Waals surface area contributed by atoms with Gasteiger partial charge in [0.05, 0.1) is 9.85 Å². The molecular weight excluding hydrogens is 283 g/mol. The van der Waals surface area contributed by atoms with E-state index in [2.05, 4.69) is 0 Å². The van der Waals surface area contributed by atoms with Gasteiger partial charge < -0.3 is 4.57 Å². The highest BCUT2D eigenvalue weighted by Crippen LogP contribution is 2.22. The maximum absolute atomic E-state index is 12.3. The Bertz CT molecular complexity index is 622. The minimum atomic E-state index is -2.32. The summed E-state index contributed by atoms with van der Waals surface area (Å²) in [7, 11) is -2.32. The zero-order valence-electron chi connectivity index (χ0n) is 10.1. The van der Waals surface area contributed by atoms with Crippen molar-refractivity contribution >= 4 is 29.8 Å². The third-order valence-electron chi connectivity index (χ3n) is 2.68. The maximum atomic E-state index is 12.3. The summed E-state index contributed by atoms with van der Waals surface area (Å²) in [4.78, 5) is 20.0. The molecule has 0 aliphatic rings. The van der Waals surface area contributed by atoms with E-state index in [0.29, 0.717) is 10.6 Å². The number of rotatable bonds is 4. The Morgan fingerprint density at radius 2 is 1.00 bits per heavy atom. The van der Waals surface area contributed by atoms with E-state index in [9.17, 15) is 24.8 Å². The standard InChI is InChI=1S/C12H9N2O5P/c15-13(16)9-1-5-11(6-2-9)20(19)12-7-3-10(4-8-12)14(17)18/h1-8,20H. The number of nitro benzene ring substituents is 2. The summed E-state index contributed by atoms with van der Waals surface area (Å²) in [5.41, 5.74) is -0.153. The van der Waals surface area contributed by atoms with Crippen LogP contribution in [-0.4, -0.2) is 9.85 Å². The van der Waals surface area contributed by atoms with E-state index in [-0.39, 0.29) is 11.4 Å². The Morgan fingerprint density at radius 1 is 0.700 bits per heavy atom. The number of benzene rings is 2. The molecule has 8 heteroatoms. The lowest BCUT2D eigenvalue weighted by molar-refractivity contribution is -0.385. The normalized spacial score (nSPS) is 10.4. The Morgan fingerprint density at radius 3 is 1.25 bits per heavy atom. The second kappa shape index (κ2) is 5.63. The van der Waals surface area contributed by atoms with E-state index in [1.165, 1.54) is 48.5 Å². The molecule has 0 amide bonds. The Labute approximate surface area is 113 Å². The zero-order valence-corrected chi connectivity index (χ0v) is 11.1. The average molecular weight is 292 g/mol. The number of non-ortho nitro benzene ring substituents is 2. The van der Waals surface area contributed by atoms with Gasteiger partial charge in [-0.25, -0.2) is 0 Å². The lowest BCUT2D eigenvalue weighted by Crippen LogP contribution is -2.06. The molecule has 0 spiro atoms. The summed E-state index contributed by atoms with van der Waals surface area (Å²) in [6, 6.07) is 10.8. The number of nitro groups is 2. The van der Waals surface area contributed by atoms with Crippen molar-refractivity contribution in [1.82, 2.24) is 0 Å². The SMILES string of the molecule is O=[N+]([O-])c1ccc([PH](=O)c2ccc([N+](=O)[O-])cc2)cc1. The predicted molar refractivity (Wildman–Crippen MR) is 74.5 cm³/mol. The van der Waals surface area contributed by atoms with Crippen LogP contribution in [0.5, 0.6) is 0 Å². The van der Waals surface area contributed by atoms with Gasteiger partial charge in [0.15, 0.2) is 0 Å². The third kappa shape index (κ3) is 2.89. The van der Waals surface area contributed by atoms with Gasteiger partial charge >= 0.3 is 0 Å². The first-order valence-corrected chi connectivity index (χ1v) is 6.93. The number of hydrogen-bond acceptors (Lipinski definition) is 5. The van der Waals surface area contributed by atoms with Crippen molar-refractivity contribution < 1.29 is 14.4 Å². The molecule has 0 unspecified atom stereocenters. The van der Waals surface area contributed by atoms with Gasteiger partial charge in [-0.15, -0.1) is 0 Å². The van der Waals surface area contributed by atoms with E-state index in [0.717, 1.165) is 0 Å². The molecular formula is C12H9N2O5P. The monoisotopic (exact) mass is 292 g/mol. The second-order valence-electron chi connectivity index (χ2n) is 3.94. The molecule has 0 atom stereocenters. The van der Waals surface area contributed by atoms with Gasteiger partial charge in [0.1, 0.15) is 7.80 Å². The lowest BCUT2D eigenvalue weighted by Gasteiger charge is -2.02. The topological polar surface area (TPSA) is 103 Å². The summed E-state index contributed by atoms with van der Waals surface area (Å²) in [6.45, 7) is 0. The molecule has 102 valence electrons. The highest BCUT2D eigenvalue weighted by atomic mass is 31.1. The Balaban J connectivity index is 2.26. The summed E-state index contributed by atoms with van der Waals surface area (Å²) in [5, 5.41) is 22.0. The van der Waals surface area contributed by atoms with Crippen LogP contribution in [0, 0.1) is 20.2 Å². The van der Waals surface area contributed by atoms with Crippen molar-refractivity contribution in [3.8, 4) is 0 Å². The van der Waals surface area contributed by atoms with Gasteiger partial charge in [-0.1, -0.05) is 0 Å². The first-order chi connectivity index (χ1) is 9.49. The lowest BCUT2D eigenvalue weighted by atomic mass is 10.3. The molecule has 0 heterocycles. The molecule has 0 radical (unpaired) electrons. The fraction of sp³-hybridized carbons (Fsp3) is 0. The van der Waals surface area contributed by atoms with Crippen LogP contribution in [0.15, 0.2) is 48.5 Å². The van der Waals surface area contributed by atoms with Crippen LogP contribution in [0.25, 0.3) is 0 Å². The fourth-order valence-electron chi connectivity index (χ4n) is 1.64. The van der Waals surface area contributed by atoms with E-state index >= 15 is 0 Å². The van der Waals surface area contributed by atoms with Gasteiger partial charge in [0.25, 0.3) is 11.4 Å². The molecule has 0 N–H and O–H groups in total. The Kier molecular flexibility index (Phi) is 3.91. The molecule has 0 bridgehead atoms. The summed E-state index contributed by atoms with van der Waals surface area (Å²) < 4.78 is 12.3. The van der Waals surface area contributed by atoms with Gasteiger partial charge in [0.2, 0.25) is 0 Å². The van der Waals surface area contributed by atoms with Crippen LogP contribution >= 0.6 is 7.80 Å². The van der Waals surface area contributed by atoms with Crippen molar-refractivity contribution in [3.63, 3.8) is 0 Å². The number of nitrogens with zero attached hydrogens (tertiary/aromatic N) is 2.